The summed E-state index contributed by atoms with van der Waals surface area (Å²) in [4.78, 5) is 26.9. The molecule has 224 valence electrons. The van der Waals surface area contributed by atoms with Gasteiger partial charge in [-0.2, -0.15) is 31.4 Å². The summed E-state index contributed by atoms with van der Waals surface area (Å²) in [5, 5.41) is 18.6. The minimum atomic E-state index is -5.08. The summed E-state index contributed by atoms with van der Waals surface area (Å²) in [6.45, 7) is 8.12. The third kappa shape index (κ3) is 9.45. The van der Waals surface area contributed by atoms with Crippen LogP contribution >= 0.6 is 0 Å². The predicted octanol–water partition coefficient (Wildman–Crippen LogP) is 3.11. The topological polar surface area (TPSA) is 121 Å². The number of carboxylic acids is 2. The van der Waals surface area contributed by atoms with Crippen LogP contribution in [0.2, 0.25) is 0 Å². The molecular formula is C24H31F6N5O5. The highest BCUT2D eigenvalue weighted by molar-refractivity contribution is 5.73. The Morgan fingerprint density at radius 2 is 1.57 bits per heavy atom. The number of likely N-dealkylation sites (tertiary alicyclic amines) is 2. The zero-order chi connectivity index (χ0) is 30.3. The van der Waals surface area contributed by atoms with E-state index in [1.807, 2.05) is 42.5 Å². The lowest BCUT2D eigenvalue weighted by Crippen LogP contribution is -2.66. The second-order valence-electron chi connectivity index (χ2n) is 9.68. The van der Waals surface area contributed by atoms with Crippen LogP contribution in [0, 0.1) is 12.8 Å². The first kappa shape index (κ1) is 33.0. The van der Waals surface area contributed by atoms with E-state index in [9.17, 15) is 26.3 Å². The summed E-state index contributed by atoms with van der Waals surface area (Å²) in [6, 6.07) is 4.04. The van der Waals surface area contributed by atoms with Crippen molar-refractivity contribution in [2.75, 3.05) is 33.3 Å². The fourth-order valence-corrected chi connectivity index (χ4v) is 4.48. The van der Waals surface area contributed by atoms with Gasteiger partial charge in [0.25, 0.3) is 0 Å². The highest BCUT2D eigenvalue weighted by Crippen LogP contribution is 2.40. The maximum Gasteiger partial charge on any atom is 0.490 e. The van der Waals surface area contributed by atoms with Gasteiger partial charge in [0.05, 0.1) is 19.4 Å². The molecule has 1 unspecified atom stereocenters. The normalized spacial score (nSPS) is 18.8. The van der Waals surface area contributed by atoms with Crippen LogP contribution in [0.4, 0.5) is 26.3 Å². The molecule has 2 aromatic rings. The number of hydrogen-bond acceptors (Lipinski definition) is 7. The molecule has 2 fully saturated rings. The number of nitrogens with zero attached hydrogens (tertiary/aromatic N) is 5. The molecular weight excluding hydrogens is 552 g/mol. The van der Waals surface area contributed by atoms with E-state index < -0.39 is 24.3 Å². The standard InChI is InChI=1S/C20H29N5O.2C2HF3O2/c1-16-19(9-22-24(16)3)11-25-14-20(15-25)8-18(10-23(20)2)13-26-12-17-4-6-21-7-5-17;2*3-2(4,5)1(6)7/h4-7,9,18H,8,10-15H2,1-3H3;2*(H,6,7). The molecule has 0 saturated carbocycles. The lowest BCUT2D eigenvalue weighted by atomic mass is 9.84. The molecule has 0 aliphatic carbocycles. The molecule has 10 nitrogen and oxygen atoms in total. The molecule has 16 heteroatoms. The number of carbonyl (C=O) groups is 2. The first-order valence-corrected chi connectivity index (χ1v) is 11.9. The lowest BCUT2D eigenvalue weighted by Gasteiger charge is -2.52. The number of aromatic nitrogens is 3. The third-order valence-corrected chi connectivity index (χ3v) is 6.63. The second kappa shape index (κ2) is 13.4. The monoisotopic (exact) mass is 583 g/mol. The van der Waals surface area contributed by atoms with Crippen molar-refractivity contribution in [2.24, 2.45) is 13.0 Å². The van der Waals surface area contributed by atoms with Crippen LogP contribution in [-0.2, 0) is 34.5 Å². The molecule has 2 saturated heterocycles. The van der Waals surface area contributed by atoms with Crippen molar-refractivity contribution in [2.45, 2.75) is 44.4 Å². The van der Waals surface area contributed by atoms with Crippen LogP contribution in [0.5, 0.6) is 0 Å². The fourth-order valence-electron chi connectivity index (χ4n) is 4.48. The number of carboxylic acid groups (broad SMARTS) is 2. The maximum atomic E-state index is 10.6. The highest BCUT2D eigenvalue weighted by Gasteiger charge is 2.51. The van der Waals surface area contributed by atoms with Gasteiger partial charge in [-0.25, -0.2) is 9.59 Å². The van der Waals surface area contributed by atoms with Crippen molar-refractivity contribution in [3.05, 3.63) is 47.5 Å². The Hall–Kier alpha value is -3.24. The molecule has 4 rings (SSSR count). The molecule has 2 aromatic heterocycles. The average Bonchev–Trinajstić information content (AvgIpc) is 3.33. The lowest BCUT2D eigenvalue weighted by molar-refractivity contribution is -0.193. The number of ether oxygens (including phenoxy) is 1. The molecule has 0 amide bonds. The first-order valence-electron chi connectivity index (χ1n) is 11.9. The van der Waals surface area contributed by atoms with Gasteiger partial charge in [0, 0.05) is 62.4 Å². The van der Waals surface area contributed by atoms with Gasteiger partial charge in [0.2, 0.25) is 0 Å². The number of aliphatic carboxylic acids is 2. The van der Waals surface area contributed by atoms with Crippen molar-refractivity contribution in [3.63, 3.8) is 0 Å². The molecule has 2 aliphatic heterocycles. The van der Waals surface area contributed by atoms with Crippen LogP contribution in [0.15, 0.2) is 30.7 Å². The van der Waals surface area contributed by atoms with Crippen LogP contribution in [0.25, 0.3) is 0 Å². The largest absolute Gasteiger partial charge is 0.490 e. The maximum absolute atomic E-state index is 10.6. The van der Waals surface area contributed by atoms with E-state index in [1.165, 1.54) is 23.2 Å². The Kier molecular flexibility index (Phi) is 11.1. The Bertz CT molecular complexity index is 1100. The summed E-state index contributed by atoms with van der Waals surface area (Å²) in [7, 11) is 4.28. The van der Waals surface area contributed by atoms with E-state index in [0.29, 0.717) is 18.1 Å². The number of rotatable bonds is 6. The van der Waals surface area contributed by atoms with Crippen molar-refractivity contribution in [1.29, 1.82) is 0 Å². The van der Waals surface area contributed by atoms with Crippen LogP contribution in [0.1, 0.15) is 23.2 Å². The fraction of sp³-hybridized carbons (Fsp3) is 0.583. The third-order valence-electron chi connectivity index (χ3n) is 6.63. The van der Waals surface area contributed by atoms with Crippen LogP contribution in [0.3, 0.4) is 0 Å². The SMILES string of the molecule is Cc1c(CN2CC3(CC(COCc4ccncc4)CN3C)C2)cnn1C.O=C(O)C(F)(F)F.O=C(O)C(F)(F)F. The predicted molar refractivity (Wildman–Crippen MR) is 128 cm³/mol. The summed E-state index contributed by atoms with van der Waals surface area (Å²) in [5.41, 5.74) is 4.16. The van der Waals surface area contributed by atoms with Gasteiger partial charge in [-0.1, -0.05) is 0 Å². The van der Waals surface area contributed by atoms with Gasteiger partial charge in [-0.05, 0) is 44.0 Å². The molecule has 40 heavy (non-hydrogen) atoms. The van der Waals surface area contributed by atoms with Gasteiger partial charge >= 0.3 is 24.3 Å². The summed E-state index contributed by atoms with van der Waals surface area (Å²) in [5.74, 6) is -4.89. The van der Waals surface area contributed by atoms with E-state index in [1.54, 1.807) is 0 Å². The molecule has 0 bridgehead atoms. The highest BCUT2D eigenvalue weighted by atomic mass is 19.4. The van der Waals surface area contributed by atoms with E-state index in [4.69, 9.17) is 24.5 Å². The van der Waals surface area contributed by atoms with Crippen molar-refractivity contribution in [1.82, 2.24) is 24.6 Å². The number of aryl methyl sites for hydroxylation is 1. The van der Waals surface area contributed by atoms with Gasteiger partial charge in [0.15, 0.2) is 0 Å². The molecule has 1 spiro atoms. The summed E-state index contributed by atoms with van der Waals surface area (Å²) >= 11 is 0. The summed E-state index contributed by atoms with van der Waals surface area (Å²) in [6.07, 6.45) is -3.27. The molecule has 0 aromatic carbocycles. The average molecular weight is 584 g/mol. The zero-order valence-corrected chi connectivity index (χ0v) is 22.0. The number of halogens is 6. The summed E-state index contributed by atoms with van der Waals surface area (Å²) < 4.78 is 71.4. The van der Waals surface area contributed by atoms with Crippen molar-refractivity contribution >= 4 is 11.9 Å². The van der Waals surface area contributed by atoms with Gasteiger partial charge in [-0.3, -0.25) is 19.5 Å². The van der Waals surface area contributed by atoms with Gasteiger partial charge in [-0.15, -0.1) is 0 Å². The van der Waals surface area contributed by atoms with Gasteiger partial charge in [0.1, 0.15) is 0 Å². The number of pyridine rings is 1. The van der Waals surface area contributed by atoms with Crippen molar-refractivity contribution in [3.8, 4) is 0 Å². The van der Waals surface area contributed by atoms with Crippen LogP contribution < -0.4 is 0 Å². The molecule has 1 atom stereocenters. The van der Waals surface area contributed by atoms with Gasteiger partial charge < -0.3 is 14.9 Å². The molecule has 2 N–H and O–H groups in total. The number of likely N-dealkylation sites (N-methyl/N-ethyl adjacent to an activating group) is 1. The second-order valence-corrected chi connectivity index (χ2v) is 9.68. The van der Waals surface area contributed by atoms with E-state index in [2.05, 4.69) is 33.9 Å². The molecule has 2 aliphatic rings. The number of hydrogen-bond donors (Lipinski definition) is 2. The Morgan fingerprint density at radius 1 is 1.05 bits per heavy atom. The molecule has 0 radical (unpaired) electrons. The Morgan fingerprint density at radius 3 is 2.02 bits per heavy atom. The Labute approximate surface area is 226 Å². The Balaban J connectivity index is 0.000000333. The smallest absolute Gasteiger partial charge is 0.475 e. The molecule has 4 heterocycles. The quantitative estimate of drug-likeness (QED) is 0.495. The van der Waals surface area contributed by atoms with E-state index in [-0.39, 0.29) is 0 Å². The van der Waals surface area contributed by atoms with Crippen LogP contribution in [-0.4, -0.2) is 97.9 Å². The zero-order valence-electron chi connectivity index (χ0n) is 22.0. The van der Waals surface area contributed by atoms with E-state index >= 15 is 0 Å². The van der Waals surface area contributed by atoms with Crippen molar-refractivity contribution < 1.29 is 50.9 Å². The first-order chi connectivity index (χ1) is 18.4. The van der Waals surface area contributed by atoms with E-state index in [0.717, 1.165) is 32.8 Å². The minimum absolute atomic E-state index is 0.348. The minimum Gasteiger partial charge on any atom is -0.475 e. The number of alkyl halides is 6.